The second kappa shape index (κ2) is 11.2. The van der Waals surface area contributed by atoms with Crippen molar-refractivity contribution in [2.45, 2.75) is 118 Å². The van der Waals surface area contributed by atoms with Crippen molar-refractivity contribution in [2.75, 3.05) is 7.11 Å². The van der Waals surface area contributed by atoms with Gasteiger partial charge in [-0.2, -0.15) is 0 Å². The van der Waals surface area contributed by atoms with Crippen molar-refractivity contribution >= 4 is 5.97 Å². The fourth-order valence-electron chi connectivity index (χ4n) is 7.84. The minimum absolute atomic E-state index is 0.0602. The van der Waals surface area contributed by atoms with E-state index in [-0.39, 0.29) is 34.9 Å². The third-order valence-corrected chi connectivity index (χ3v) is 9.88. The number of carbonyl (C=O) groups is 1. The second-order valence-electron chi connectivity index (χ2n) is 12.2. The van der Waals surface area contributed by atoms with Crippen molar-refractivity contribution in [1.82, 2.24) is 0 Å². The Labute approximate surface area is 197 Å². The van der Waals surface area contributed by atoms with E-state index in [4.69, 9.17) is 4.74 Å². The smallest absolute Gasteiger partial charge is 0.308 e. The van der Waals surface area contributed by atoms with Crippen molar-refractivity contribution in [3.05, 3.63) is 0 Å². The summed E-state index contributed by atoms with van der Waals surface area (Å²) in [5.41, 5.74) is 0.340. The van der Waals surface area contributed by atoms with E-state index >= 15 is 0 Å². The third kappa shape index (κ3) is 5.71. The molecule has 4 unspecified atom stereocenters. The maximum Gasteiger partial charge on any atom is 0.308 e. The molecule has 0 radical (unpaired) electrons. The number of ether oxygens (including phenoxy) is 1. The molecule has 0 spiro atoms. The lowest BCUT2D eigenvalue weighted by Crippen LogP contribution is -2.50. The molecule has 2 fully saturated rings. The number of aliphatic hydroxyl groups excluding tert-OH is 2. The molecule has 2 saturated carbocycles. The lowest BCUT2D eigenvalue weighted by atomic mass is 9.50. The average molecular weight is 453 g/mol. The summed E-state index contributed by atoms with van der Waals surface area (Å²) in [6.07, 6.45) is 8.62. The van der Waals surface area contributed by atoms with E-state index in [2.05, 4.69) is 34.6 Å². The standard InChI is InChI=1S/C28H52O4/c1-9-20(29)13-15-27(5,6)22-14-16-28(7)21(18(3)17-19(4)26(31)32-8)11-12-23(28)25(22)24(30)10-2/h18-25,29-30H,9-17H2,1-8H3/t18-,19+,20+,21?,22?,23?,24-,25?,28-/m1/s1. The van der Waals surface area contributed by atoms with Gasteiger partial charge in [0.2, 0.25) is 0 Å². The third-order valence-electron chi connectivity index (χ3n) is 9.88. The van der Waals surface area contributed by atoms with Crippen molar-refractivity contribution in [3.8, 4) is 0 Å². The Kier molecular flexibility index (Phi) is 9.68. The minimum Gasteiger partial charge on any atom is -0.469 e. The van der Waals surface area contributed by atoms with Crippen molar-refractivity contribution in [1.29, 1.82) is 0 Å². The second-order valence-corrected chi connectivity index (χ2v) is 12.2. The molecule has 0 aromatic rings. The highest BCUT2D eigenvalue weighted by atomic mass is 16.5. The van der Waals surface area contributed by atoms with Gasteiger partial charge in [0.25, 0.3) is 0 Å². The number of esters is 1. The summed E-state index contributed by atoms with van der Waals surface area (Å²) in [7, 11) is 1.48. The molecule has 0 heterocycles. The maximum atomic E-state index is 12.0. The molecule has 188 valence electrons. The molecule has 2 rings (SSSR count). The molecule has 0 saturated heterocycles. The van der Waals surface area contributed by atoms with Gasteiger partial charge in [-0.1, -0.05) is 48.5 Å². The van der Waals surface area contributed by atoms with Gasteiger partial charge in [-0.05, 0) is 98.2 Å². The molecule has 2 aliphatic carbocycles. The van der Waals surface area contributed by atoms with Gasteiger partial charge in [-0.15, -0.1) is 0 Å². The Morgan fingerprint density at radius 3 is 2.34 bits per heavy atom. The monoisotopic (exact) mass is 452 g/mol. The van der Waals surface area contributed by atoms with E-state index in [1.165, 1.54) is 26.4 Å². The Morgan fingerprint density at radius 2 is 1.78 bits per heavy atom. The van der Waals surface area contributed by atoms with E-state index in [0.29, 0.717) is 29.6 Å². The van der Waals surface area contributed by atoms with Crippen LogP contribution >= 0.6 is 0 Å². The van der Waals surface area contributed by atoms with Crippen molar-refractivity contribution in [2.24, 2.45) is 46.3 Å². The van der Waals surface area contributed by atoms with Gasteiger partial charge in [-0.25, -0.2) is 0 Å². The van der Waals surface area contributed by atoms with E-state index < -0.39 is 0 Å². The van der Waals surface area contributed by atoms with Gasteiger partial charge in [-0.3, -0.25) is 4.79 Å². The van der Waals surface area contributed by atoms with Crippen LogP contribution in [-0.2, 0) is 9.53 Å². The number of hydrogen-bond acceptors (Lipinski definition) is 4. The summed E-state index contributed by atoms with van der Waals surface area (Å²) in [6, 6.07) is 0. The summed E-state index contributed by atoms with van der Waals surface area (Å²) in [6.45, 7) is 15.7. The van der Waals surface area contributed by atoms with Crippen LogP contribution in [0.2, 0.25) is 0 Å². The summed E-state index contributed by atoms with van der Waals surface area (Å²) in [4.78, 5) is 12.0. The number of carbonyl (C=O) groups excluding carboxylic acids is 1. The molecule has 4 heteroatoms. The number of hydrogen-bond donors (Lipinski definition) is 2. The van der Waals surface area contributed by atoms with Gasteiger partial charge >= 0.3 is 5.97 Å². The SMILES string of the molecule is CC[C@H](O)CCC(C)(C)C1CC[C@@]2(C)C(CCC2[C@H](C)C[C@H](C)C(=O)OC)C1[C@H](O)CC. The average Bonchev–Trinajstić information content (AvgIpc) is 3.12. The quantitative estimate of drug-likeness (QED) is 0.365. The maximum absolute atomic E-state index is 12.0. The first kappa shape index (κ1) is 27.6. The highest BCUT2D eigenvalue weighted by Gasteiger charge is 2.58. The van der Waals surface area contributed by atoms with Crippen LogP contribution < -0.4 is 0 Å². The zero-order valence-corrected chi connectivity index (χ0v) is 22.2. The van der Waals surface area contributed by atoms with E-state index in [0.717, 1.165) is 38.5 Å². The molecule has 9 atom stereocenters. The molecule has 2 aliphatic rings. The summed E-state index contributed by atoms with van der Waals surface area (Å²) < 4.78 is 4.98. The van der Waals surface area contributed by atoms with Gasteiger partial charge in [0, 0.05) is 0 Å². The van der Waals surface area contributed by atoms with Crippen LogP contribution in [0.15, 0.2) is 0 Å². The number of methoxy groups -OCH3 is 1. The lowest BCUT2D eigenvalue weighted by molar-refractivity contribution is -0.145. The van der Waals surface area contributed by atoms with Crippen LogP contribution in [0.1, 0.15) is 106 Å². The van der Waals surface area contributed by atoms with E-state index in [1.807, 2.05) is 13.8 Å². The Balaban J connectivity index is 2.23. The molecular weight excluding hydrogens is 400 g/mol. The molecule has 4 nitrogen and oxygen atoms in total. The predicted molar refractivity (Wildman–Crippen MR) is 131 cm³/mol. The fourth-order valence-corrected chi connectivity index (χ4v) is 7.84. The topological polar surface area (TPSA) is 66.8 Å². The summed E-state index contributed by atoms with van der Waals surface area (Å²) in [5, 5.41) is 21.4. The molecule has 0 aromatic carbocycles. The predicted octanol–water partition coefficient (Wildman–Crippen LogP) is 6.23. The first-order chi connectivity index (χ1) is 14.9. The summed E-state index contributed by atoms with van der Waals surface area (Å²) >= 11 is 0. The molecular formula is C28H52O4. The highest BCUT2D eigenvalue weighted by molar-refractivity contribution is 5.71. The van der Waals surface area contributed by atoms with Crippen LogP contribution in [0.25, 0.3) is 0 Å². The molecule has 2 N–H and O–H groups in total. The van der Waals surface area contributed by atoms with Gasteiger partial charge < -0.3 is 14.9 Å². The molecule has 0 aliphatic heterocycles. The zero-order valence-electron chi connectivity index (χ0n) is 22.2. The van der Waals surface area contributed by atoms with E-state index in [1.54, 1.807) is 0 Å². The zero-order chi connectivity index (χ0) is 24.3. The normalized spacial score (nSPS) is 34.4. The van der Waals surface area contributed by atoms with E-state index in [9.17, 15) is 15.0 Å². The van der Waals surface area contributed by atoms with Gasteiger partial charge in [0.15, 0.2) is 0 Å². The number of rotatable bonds is 11. The minimum atomic E-state index is -0.261. The largest absolute Gasteiger partial charge is 0.469 e. The molecule has 0 bridgehead atoms. The first-order valence-electron chi connectivity index (χ1n) is 13.4. The van der Waals surface area contributed by atoms with Crippen molar-refractivity contribution < 1.29 is 19.7 Å². The number of fused-ring (bicyclic) bond motifs is 1. The highest BCUT2D eigenvalue weighted by Crippen LogP contribution is 2.64. The molecule has 32 heavy (non-hydrogen) atoms. The van der Waals surface area contributed by atoms with Gasteiger partial charge in [0.1, 0.15) is 0 Å². The van der Waals surface area contributed by atoms with Crippen LogP contribution in [0.3, 0.4) is 0 Å². The van der Waals surface area contributed by atoms with Gasteiger partial charge in [0.05, 0.1) is 25.2 Å². The first-order valence-corrected chi connectivity index (χ1v) is 13.4. The van der Waals surface area contributed by atoms with Crippen LogP contribution in [0.5, 0.6) is 0 Å². The molecule has 0 amide bonds. The Bertz CT molecular complexity index is 602. The number of aliphatic hydroxyl groups is 2. The Hall–Kier alpha value is -0.610. The van der Waals surface area contributed by atoms with Crippen LogP contribution in [-0.4, -0.2) is 35.5 Å². The molecule has 0 aromatic heterocycles. The van der Waals surface area contributed by atoms with Crippen LogP contribution in [0.4, 0.5) is 0 Å². The van der Waals surface area contributed by atoms with Crippen LogP contribution in [0, 0.1) is 46.3 Å². The Morgan fingerprint density at radius 1 is 1.12 bits per heavy atom. The summed E-state index contributed by atoms with van der Waals surface area (Å²) in [5.74, 6) is 2.25. The lowest BCUT2D eigenvalue weighted by Gasteiger charge is -2.55. The van der Waals surface area contributed by atoms with Crippen molar-refractivity contribution in [3.63, 3.8) is 0 Å². The fraction of sp³-hybridized carbons (Fsp3) is 0.964.